The summed E-state index contributed by atoms with van der Waals surface area (Å²) in [7, 11) is 0. The number of benzene rings is 5. The summed E-state index contributed by atoms with van der Waals surface area (Å²) in [6.45, 7) is 13.4. The first kappa shape index (κ1) is 32.6. The van der Waals surface area contributed by atoms with Crippen LogP contribution < -0.4 is 0 Å². The molecule has 0 unspecified atom stereocenters. The molecule has 244 valence electrons. The Morgan fingerprint density at radius 2 is 0.800 bits per heavy atom. The van der Waals surface area contributed by atoms with Crippen molar-refractivity contribution in [3.63, 3.8) is 0 Å². The molecule has 5 aromatic carbocycles. The molecule has 2 aromatic heterocycles. The van der Waals surface area contributed by atoms with E-state index in [1.54, 1.807) is 0 Å². The lowest BCUT2D eigenvalue weighted by Crippen LogP contribution is -2.10. The maximum Gasteiger partial charge on any atom is 0.0991 e. The molecule has 0 saturated carbocycles. The molecule has 7 aromatic rings. The fourth-order valence-corrected chi connectivity index (χ4v) is 6.20. The third-order valence-electron chi connectivity index (χ3n) is 9.27. The molecule has 0 spiro atoms. The van der Waals surface area contributed by atoms with E-state index in [0.717, 1.165) is 67.2 Å². The van der Waals surface area contributed by atoms with Gasteiger partial charge in [-0.1, -0.05) is 139 Å². The monoisotopic (exact) mass is 648 g/mol. The van der Waals surface area contributed by atoms with E-state index in [0.29, 0.717) is 5.56 Å². The number of hydrogen-bond acceptors (Lipinski definition) is 4. The molecular formula is C46H40N4. The smallest absolute Gasteiger partial charge is 0.0991 e. The van der Waals surface area contributed by atoms with Crippen LogP contribution in [-0.2, 0) is 10.8 Å². The van der Waals surface area contributed by atoms with Crippen LogP contribution in [0.3, 0.4) is 0 Å². The Bertz CT molecular complexity index is 2270. The molecule has 0 amide bonds. The van der Waals surface area contributed by atoms with E-state index < -0.39 is 0 Å². The second kappa shape index (κ2) is 12.8. The molecule has 0 aliphatic rings. The average Bonchev–Trinajstić information content (AvgIpc) is 3.13. The minimum absolute atomic E-state index is 0.0743. The van der Waals surface area contributed by atoms with Crippen molar-refractivity contribution in [2.45, 2.75) is 52.4 Å². The van der Waals surface area contributed by atoms with Crippen molar-refractivity contribution in [1.29, 1.82) is 5.26 Å². The SMILES string of the molecule is CC(C)(C)c1ccc(-c2cc(-c3ccc(-c4nc5ccccc5nc4-c4ccc(C#N)cc4)cc3)cc(-c3ccc(C(C)(C)C)cc3)n2)cc1. The first-order chi connectivity index (χ1) is 24.0. The van der Waals surface area contributed by atoms with E-state index in [1.165, 1.54) is 11.1 Å². The van der Waals surface area contributed by atoms with Gasteiger partial charge in [-0.05, 0) is 69.5 Å². The van der Waals surface area contributed by atoms with Gasteiger partial charge in [0.05, 0.1) is 45.4 Å². The van der Waals surface area contributed by atoms with Gasteiger partial charge in [0.15, 0.2) is 0 Å². The van der Waals surface area contributed by atoms with Crippen LogP contribution >= 0.6 is 0 Å². The Hall–Kier alpha value is -5.92. The van der Waals surface area contributed by atoms with E-state index in [4.69, 9.17) is 15.0 Å². The van der Waals surface area contributed by atoms with Crippen LogP contribution in [-0.4, -0.2) is 15.0 Å². The zero-order chi connectivity index (χ0) is 35.0. The highest BCUT2D eigenvalue weighted by Crippen LogP contribution is 2.36. The van der Waals surface area contributed by atoms with Gasteiger partial charge in [0, 0.05) is 22.3 Å². The van der Waals surface area contributed by atoms with E-state index >= 15 is 0 Å². The van der Waals surface area contributed by atoms with Crippen molar-refractivity contribution in [1.82, 2.24) is 15.0 Å². The molecule has 50 heavy (non-hydrogen) atoms. The number of nitriles is 1. The number of pyridine rings is 1. The van der Waals surface area contributed by atoms with E-state index in [-0.39, 0.29) is 10.8 Å². The summed E-state index contributed by atoms with van der Waals surface area (Å²) in [5, 5.41) is 9.35. The third-order valence-corrected chi connectivity index (χ3v) is 9.27. The molecule has 0 aliphatic carbocycles. The molecule has 0 radical (unpaired) electrons. The van der Waals surface area contributed by atoms with Crippen molar-refractivity contribution in [3.05, 3.63) is 150 Å². The molecule has 0 N–H and O–H groups in total. The van der Waals surface area contributed by atoms with E-state index in [9.17, 15) is 5.26 Å². The Kier molecular flexibility index (Phi) is 8.38. The van der Waals surface area contributed by atoms with Crippen molar-refractivity contribution in [2.75, 3.05) is 0 Å². The van der Waals surface area contributed by atoms with E-state index in [2.05, 4.69) is 133 Å². The number of nitrogens with zero attached hydrogens (tertiary/aromatic N) is 4. The lowest BCUT2D eigenvalue weighted by Gasteiger charge is -2.20. The van der Waals surface area contributed by atoms with Gasteiger partial charge in [0.25, 0.3) is 0 Å². The Morgan fingerprint density at radius 3 is 1.20 bits per heavy atom. The van der Waals surface area contributed by atoms with Gasteiger partial charge in [0.1, 0.15) is 0 Å². The minimum Gasteiger partial charge on any atom is -0.248 e. The quantitative estimate of drug-likeness (QED) is 0.186. The lowest BCUT2D eigenvalue weighted by molar-refractivity contribution is 0.590. The van der Waals surface area contributed by atoms with E-state index in [1.807, 2.05) is 48.5 Å². The summed E-state index contributed by atoms with van der Waals surface area (Å²) in [5.41, 5.74) is 14.7. The van der Waals surface area contributed by atoms with Crippen molar-refractivity contribution >= 4 is 11.0 Å². The van der Waals surface area contributed by atoms with Gasteiger partial charge < -0.3 is 0 Å². The van der Waals surface area contributed by atoms with Gasteiger partial charge >= 0.3 is 0 Å². The Balaban J connectivity index is 1.32. The zero-order valence-electron chi connectivity index (χ0n) is 29.5. The fraction of sp³-hybridized carbons (Fsp3) is 0.174. The van der Waals surface area contributed by atoms with Gasteiger partial charge in [0.2, 0.25) is 0 Å². The summed E-state index contributed by atoms with van der Waals surface area (Å²) in [6.07, 6.45) is 0. The third kappa shape index (κ3) is 6.68. The number of para-hydroxylation sites is 2. The maximum atomic E-state index is 9.35. The average molecular weight is 649 g/mol. The summed E-state index contributed by atoms with van der Waals surface area (Å²) in [6, 6.07) is 48.2. The van der Waals surface area contributed by atoms with Gasteiger partial charge in [-0.25, -0.2) is 15.0 Å². The van der Waals surface area contributed by atoms with Gasteiger partial charge in [-0.15, -0.1) is 0 Å². The largest absolute Gasteiger partial charge is 0.248 e. The zero-order valence-corrected chi connectivity index (χ0v) is 29.5. The molecular weight excluding hydrogens is 609 g/mol. The van der Waals surface area contributed by atoms with Crippen LogP contribution in [0.2, 0.25) is 0 Å². The predicted molar refractivity (Wildman–Crippen MR) is 207 cm³/mol. The number of fused-ring (bicyclic) bond motifs is 1. The van der Waals surface area contributed by atoms with Crippen molar-refractivity contribution in [3.8, 4) is 62.2 Å². The predicted octanol–water partition coefficient (Wildman–Crippen LogP) is 11.8. The van der Waals surface area contributed by atoms with Crippen LogP contribution in [0.25, 0.3) is 67.2 Å². The molecule has 4 heteroatoms. The molecule has 0 fully saturated rings. The molecule has 4 nitrogen and oxygen atoms in total. The topological polar surface area (TPSA) is 62.5 Å². The molecule has 0 bridgehead atoms. The molecule has 0 atom stereocenters. The van der Waals surface area contributed by atoms with Crippen LogP contribution in [0.15, 0.2) is 133 Å². The number of aromatic nitrogens is 3. The summed E-state index contributed by atoms with van der Waals surface area (Å²) in [5.74, 6) is 0. The minimum atomic E-state index is 0.0743. The summed E-state index contributed by atoms with van der Waals surface area (Å²) < 4.78 is 0. The normalized spacial score (nSPS) is 11.8. The second-order valence-corrected chi connectivity index (χ2v) is 15.0. The van der Waals surface area contributed by atoms with Crippen LogP contribution in [0.4, 0.5) is 0 Å². The second-order valence-electron chi connectivity index (χ2n) is 15.0. The van der Waals surface area contributed by atoms with Crippen molar-refractivity contribution < 1.29 is 0 Å². The highest BCUT2D eigenvalue weighted by atomic mass is 14.8. The summed E-state index contributed by atoms with van der Waals surface area (Å²) in [4.78, 5) is 15.3. The van der Waals surface area contributed by atoms with Crippen molar-refractivity contribution in [2.24, 2.45) is 0 Å². The highest BCUT2D eigenvalue weighted by Gasteiger charge is 2.17. The number of hydrogen-bond donors (Lipinski definition) is 0. The lowest BCUT2D eigenvalue weighted by atomic mass is 9.86. The summed E-state index contributed by atoms with van der Waals surface area (Å²) >= 11 is 0. The molecule has 2 heterocycles. The first-order valence-corrected chi connectivity index (χ1v) is 17.1. The first-order valence-electron chi connectivity index (χ1n) is 17.1. The van der Waals surface area contributed by atoms with Crippen LogP contribution in [0.1, 0.15) is 58.2 Å². The molecule has 0 saturated heterocycles. The molecule has 7 rings (SSSR count). The fourth-order valence-electron chi connectivity index (χ4n) is 6.20. The molecule has 0 aliphatic heterocycles. The Morgan fingerprint density at radius 1 is 0.420 bits per heavy atom. The standard InChI is InChI=1S/C46H40N4/c1-45(2,3)37-23-19-32(20-24-37)41-27-36(28-42(48-41)33-21-25-38(26-22-33)46(4,5)6)31-15-17-35(18-16-31)44-43(34-13-11-30(29-47)12-14-34)49-39-9-7-8-10-40(39)50-44/h7-28H,1-6H3. The number of rotatable bonds is 5. The van der Waals surface area contributed by atoms with Gasteiger partial charge in [-0.2, -0.15) is 5.26 Å². The van der Waals surface area contributed by atoms with Crippen LogP contribution in [0.5, 0.6) is 0 Å². The maximum absolute atomic E-state index is 9.35. The highest BCUT2D eigenvalue weighted by molar-refractivity contribution is 5.87. The van der Waals surface area contributed by atoms with Crippen LogP contribution in [0, 0.1) is 11.3 Å². The Labute approximate surface area is 295 Å². The van der Waals surface area contributed by atoms with Gasteiger partial charge in [-0.3, -0.25) is 0 Å².